The molecule has 1 aliphatic rings. The molecule has 0 unspecified atom stereocenters. The van der Waals surface area contributed by atoms with Crippen LogP contribution in [0.1, 0.15) is 23.2 Å². The third-order valence-electron chi connectivity index (χ3n) is 2.51. The highest BCUT2D eigenvalue weighted by Crippen LogP contribution is 2.37. The molecule has 15 heavy (non-hydrogen) atoms. The van der Waals surface area contributed by atoms with E-state index >= 15 is 0 Å². The zero-order chi connectivity index (χ0) is 11.2. The van der Waals surface area contributed by atoms with Gasteiger partial charge in [0.25, 0.3) is 0 Å². The van der Waals surface area contributed by atoms with Crippen LogP contribution < -0.4 is 5.73 Å². The quantitative estimate of drug-likeness (QED) is 0.665. The minimum atomic E-state index is -1.05. The lowest BCUT2D eigenvalue weighted by Crippen LogP contribution is -2.34. The summed E-state index contributed by atoms with van der Waals surface area (Å²) in [7, 11) is 0. The van der Waals surface area contributed by atoms with Gasteiger partial charge in [0.05, 0.1) is 15.6 Å². The fraction of sp³-hybridized carbons (Fsp3) is 0.300. The predicted molar refractivity (Wildman–Crippen MR) is 54.5 cm³/mol. The molecule has 1 aliphatic carbocycles. The highest BCUT2D eigenvalue weighted by Gasteiger charge is 2.47. The molecule has 5 heteroatoms. The number of carbonyl (C=O) groups excluding carboxylic acids is 1. The zero-order valence-corrected chi connectivity index (χ0v) is 9.27. The van der Waals surface area contributed by atoms with Crippen LogP contribution in [0.4, 0.5) is 8.78 Å². The molecule has 80 valence electrons. The topological polar surface area (TPSA) is 43.1 Å². The molecular formula is C10H8BrF2NO. The van der Waals surface area contributed by atoms with Gasteiger partial charge in [0, 0.05) is 0 Å². The minimum absolute atomic E-state index is 0.0662. The maximum atomic E-state index is 13.5. The number of ketones is 1. The van der Waals surface area contributed by atoms with E-state index in [4.69, 9.17) is 5.73 Å². The van der Waals surface area contributed by atoms with Crippen molar-refractivity contribution in [1.82, 2.24) is 0 Å². The van der Waals surface area contributed by atoms with Gasteiger partial charge in [-0.15, -0.1) is 0 Å². The summed E-state index contributed by atoms with van der Waals surface area (Å²) in [5.41, 5.74) is 4.02. The van der Waals surface area contributed by atoms with Gasteiger partial charge in [0.1, 0.15) is 5.82 Å². The second kappa shape index (κ2) is 3.35. The first-order valence-electron chi connectivity index (χ1n) is 4.43. The van der Waals surface area contributed by atoms with Crippen LogP contribution in [0.25, 0.3) is 0 Å². The molecule has 1 aromatic rings. The number of nitrogens with two attached hydrogens (primary N) is 1. The van der Waals surface area contributed by atoms with E-state index in [9.17, 15) is 13.6 Å². The highest BCUT2D eigenvalue weighted by molar-refractivity contribution is 9.10. The molecule has 0 aromatic heterocycles. The lowest BCUT2D eigenvalue weighted by molar-refractivity contribution is 0.0940. The van der Waals surface area contributed by atoms with Gasteiger partial charge in [-0.05, 0) is 40.9 Å². The van der Waals surface area contributed by atoms with Crippen LogP contribution in [0.15, 0.2) is 16.6 Å². The number of Topliss-reactive ketones (excluding diaryl/α,β-unsaturated/α-hetero) is 1. The number of carbonyl (C=O) groups is 1. The summed E-state index contributed by atoms with van der Waals surface area (Å²) < 4.78 is 26.9. The third-order valence-corrected chi connectivity index (χ3v) is 3.12. The van der Waals surface area contributed by atoms with Crippen molar-refractivity contribution in [3.8, 4) is 0 Å². The fourth-order valence-electron chi connectivity index (χ4n) is 1.35. The summed E-state index contributed by atoms with van der Waals surface area (Å²) in [4.78, 5) is 11.7. The molecule has 0 amide bonds. The Balaban J connectivity index is 2.52. The number of hydrogen-bond donors (Lipinski definition) is 1. The Morgan fingerprint density at radius 3 is 2.53 bits per heavy atom. The van der Waals surface area contributed by atoms with E-state index in [2.05, 4.69) is 15.9 Å². The van der Waals surface area contributed by atoms with E-state index in [1.54, 1.807) is 0 Å². The average Bonchev–Trinajstić information content (AvgIpc) is 2.92. The van der Waals surface area contributed by atoms with Crippen molar-refractivity contribution >= 4 is 21.7 Å². The van der Waals surface area contributed by atoms with Gasteiger partial charge in [-0.1, -0.05) is 0 Å². The van der Waals surface area contributed by atoms with Crippen molar-refractivity contribution in [1.29, 1.82) is 0 Å². The molecule has 0 aliphatic heterocycles. The van der Waals surface area contributed by atoms with E-state index < -0.39 is 28.5 Å². The molecule has 2 N–H and O–H groups in total. The lowest BCUT2D eigenvalue weighted by atomic mass is 10.0. The van der Waals surface area contributed by atoms with Crippen molar-refractivity contribution in [2.45, 2.75) is 18.4 Å². The van der Waals surface area contributed by atoms with Crippen LogP contribution in [0, 0.1) is 11.6 Å². The molecular weight excluding hydrogens is 268 g/mol. The van der Waals surface area contributed by atoms with E-state index in [0.29, 0.717) is 12.8 Å². The van der Waals surface area contributed by atoms with Crippen molar-refractivity contribution in [2.75, 3.05) is 0 Å². The van der Waals surface area contributed by atoms with E-state index in [1.807, 2.05) is 0 Å². The van der Waals surface area contributed by atoms with Crippen molar-refractivity contribution < 1.29 is 13.6 Å². The molecule has 1 fully saturated rings. The molecule has 2 nitrogen and oxygen atoms in total. The number of benzene rings is 1. The summed E-state index contributed by atoms with van der Waals surface area (Å²) in [6.07, 6.45) is 0.967. The van der Waals surface area contributed by atoms with Gasteiger partial charge in [0.2, 0.25) is 0 Å². The number of rotatable bonds is 2. The summed E-state index contributed by atoms with van der Waals surface area (Å²) in [5, 5.41) is 0. The van der Waals surface area contributed by atoms with E-state index in [-0.39, 0.29) is 4.47 Å². The maximum Gasteiger partial charge on any atom is 0.188 e. The first-order valence-corrected chi connectivity index (χ1v) is 5.22. The van der Waals surface area contributed by atoms with Crippen LogP contribution in [0.3, 0.4) is 0 Å². The average molecular weight is 276 g/mol. The van der Waals surface area contributed by atoms with Crippen LogP contribution in [0.2, 0.25) is 0 Å². The molecule has 1 saturated carbocycles. The van der Waals surface area contributed by atoms with Gasteiger partial charge in [-0.25, -0.2) is 8.78 Å². The van der Waals surface area contributed by atoms with Gasteiger partial charge in [-0.3, -0.25) is 4.79 Å². The summed E-state index contributed by atoms with van der Waals surface area (Å²) >= 11 is 2.90. The van der Waals surface area contributed by atoms with Gasteiger partial charge >= 0.3 is 0 Å². The van der Waals surface area contributed by atoms with Crippen LogP contribution in [0.5, 0.6) is 0 Å². The summed E-state index contributed by atoms with van der Waals surface area (Å²) in [6.45, 7) is 0. The third kappa shape index (κ3) is 1.70. The Hall–Kier alpha value is -0.810. The number of halogens is 3. The predicted octanol–water partition coefficient (Wildman–Crippen LogP) is 2.40. The fourth-order valence-corrected chi connectivity index (χ4v) is 1.68. The number of hydrogen-bond acceptors (Lipinski definition) is 2. The SMILES string of the molecule is NC1(C(=O)c2c(F)ccc(Br)c2F)CC1. The van der Waals surface area contributed by atoms with E-state index in [1.165, 1.54) is 6.07 Å². The minimum Gasteiger partial charge on any atom is -0.319 e. The van der Waals surface area contributed by atoms with Crippen molar-refractivity contribution in [3.05, 3.63) is 33.8 Å². The maximum absolute atomic E-state index is 13.5. The van der Waals surface area contributed by atoms with Crippen LogP contribution in [-0.4, -0.2) is 11.3 Å². The van der Waals surface area contributed by atoms with Crippen LogP contribution in [-0.2, 0) is 0 Å². The molecule has 0 heterocycles. The highest BCUT2D eigenvalue weighted by atomic mass is 79.9. The molecule has 0 saturated heterocycles. The van der Waals surface area contributed by atoms with Crippen LogP contribution >= 0.6 is 15.9 Å². The van der Waals surface area contributed by atoms with Gasteiger partial charge in [-0.2, -0.15) is 0 Å². The Kier molecular flexibility index (Phi) is 2.39. The first-order chi connectivity index (χ1) is 6.96. The summed E-state index contributed by atoms with van der Waals surface area (Å²) in [6, 6.07) is 2.27. The van der Waals surface area contributed by atoms with E-state index in [0.717, 1.165) is 6.07 Å². The molecule has 0 radical (unpaired) electrons. The molecule has 2 rings (SSSR count). The molecule has 0 atom stereocenters. The Bertz CT molecular complexity index is 443. The molecule has 0 spiro atoms. The smallest absolute Gasteiger partial charge is 0.188 e. The first kappa shape index (κ1) is 10.7. The second-order valence-corrected chi connectivity index (χ2v) is 4.56. The second-order valence-electron chi connectivity index (χ2n) is 3.70. The lowest BCUT2D eigenvalue weighted by Gasteiger charge is -2.10. The Morgan fingerprint density at radius 2 is 2.00 bits per heavy atom. The Labute approximate surface area is 93.6 Å². The molecule has 1 aromatic carbocycles. The van der Waals surface area contributed by atoms with Gasteiger partial charge in [0.15, 0.2) is 11.6 Å². The largest absolute Gasteiger partial charge is 0.319 e. The normalized spacial score (nSPS) is 17.6. The monoisotopic (exact) mass is 275 g/mol. The van der Waals surface area contributed by atoms with Crippen molar-refractivity contribution in [2.24, 2.45) is 5.73 Å². The standard InChI is InChI=1S/C10H8BrF2NO/c11-5-1-2-6(12)7(8(5)13)9(15)10(14)3-4-10/h1-2H,3-4,14H2. The Morgan fingerprint density at radius 1 is 1.40 bits per heavy atom. The molecule has 0 bridgehead atoms. The summed E-state index contributed by atoms with van der Waals surface area (Å²) in [5.74, 6) is -2.40. The van der Waals surface area contributed by atoms with Gasteiger partial charge < -0.3 is 5.73 Å². The van der Waals surface area contributed by atoms with Crippen molar-refractivity contribution in [3.63, 3.8) is 0 Å². The zero-order valence-electron chi connectivity index (χ0n) is 7.69.